The van der Waals surface area contributed by atoms with Crippen molar-refractivity contribution in [3.8, 4) is 0 Å². The standard InChI is InChI=1S/C24H27F3O2/c1-17(2)22(14-20-12-8-9-13-21(20)16-29-28-4)23(15-24(25,26)27)18(3)19-10-6-5-7-11-19/h5-13H,14-16H2,1-4H3/b23-18+. The molecule has 2 aromatic carbocycles. The normalized spacial score (nSPS) is 12.5. The molecule has 0 N–H and O–H groups in total. The Morgan fingerprint density at radius 1 is 0.828 bits per heavy atom. The van der Waals surface area contributed by atoms with Gasteiger partial charge < -0.3 is 0 Å². The fraction of sp³-hybridized carbons (Fsp3) is 0.333. The molecule has 156 valence electrons. The lowest BCUT2D eigenvalue weighted by molar-refractivity contribution is -0.282. The van der Waals surface area contributed by atoms with Gasteiger partial charge in [0.05, 0.1) is 13.5 Å². The molecule has 0 spiro atoms. The third-order valence-corrected chi connectivity index (χ3v) is 4.82. The van der Waals surface area contributed by atoms with Gasteiger partial charge in [-0.25, -0.2) is 9.78 Å². The minimum atomic E-state index is -4.30. The van der Waals surface area contributed by atoms with Crippen LogP contribution in [-0.4, -0.2) is 13.3 Å². The molecule has 0 aromatic heterocycles. The highest BCUT2D eigenvalue weighted by Gasteiger charge is 2.31. The van der Waals surface area contributed by atoms with Gasteiger partial charge in [-0.1, -0.05) is 60.2 Å². The number of allylic oxidation sites excluding steroid dienone is 4. The molecule has 0 saturated carbocycles. The first kappa shape index (κ1) is 22.9. The Balaban J connectivity index is 2.54. The van der Waals surface area contributed by atoms with Gasteiger partial charge >= 0.3 is 6.18 Å². The van der Waals surface area contributed by atoms with Crippen molar-refractivity contribution >= 4 is 5.57 Å². The lowest BCUT2D eigenvalue weighted by Crippen LogP contribution is -2.13. The highest BCUT2D eigenvalue weighted by Crippen LogP contribution is 2.36. The van der Waals surface area contributed by atoms with Crippen LogP contribution < -0.4 is 0 Å². The van der Waals surface area contributed by atoms with Crippen LogP contribution in [0.5, 0.6) is 0 Å². The maximum absolute atomic E-state index is 13.5. The molecule has 0 fully saturated rings. The Morgan fingerprint density at radius 3 is 1.97 bits per heavy atom. The molecule has 0 unspecified atom stereocenters. The van der Waals surface area contributed by atoms with Crippen molar-refractivity contribution in [1.29, 1.82) is 0 Å². The second-order valence-corrected chi connectivity index (χ2v) is 7.11. The third-order valence-electron chi connectivity index (χ3n) is 4.82. The first-order valence-corrected chi connectivity index (χ1v) is 9.44. The van der Waals surface area contributed by atoms with Crippen LogP contribution in [0.3, 0.4) is 0 Å². The van der Waals surface area contributed by atoms with E-state index in [9.17, 15) is 13.2 Å². The maximum atomic E-state index is 13.5. The van der Waals surface area contributed by atoms with E-state index in [2.05, 4.69) is 0 Å². The van der Waals surface area contributed by atoms with E-state index in [1.165, 1.54) is 7.11 Å². The number of benzene rings is 2. The molecule has 0 heterocycles. The van der Waals surface area contributed by atoms with Gasteiger partial charge in [-0.05, 0) is 60.6 Å². The highest BCUT2D eigenvalue weighted by molar-refractivity contribution is 5.71. The molecule has 0 aliphatic carbocycles. The van der Waals surface area contributed by atoms with E-state index in [0.717, 1.165) is 22.3 Å². The summed E-state index contributed by atoms with van der Waals surface area (Å²) in [6.07, 6.45) is -4.88. The molecular formula is C24H27F3O2. The van der Waals surface area contributed by atoms with E-state index in [1.54, 1.807) is 6.92 Å². The molecule has 0 radical (unpaired) electrons. The molecule has 0 saturated heterocycles. The molecular weight excluding hydrogens is 377 g/mol. The summed E-state index contributed by atoms with van der Waals surface area (Å²) >= 11 is 0. The molecule has 2 nitrogen and oxygen atoms in total. The molecule has 0 atom stereocenters. The van der Waals surface area contributed by atoms with Gasteiger partial charge in [0.1, 0.15) is 6.61 Å². The molecule has 29 heavy (non-hydrogen) atoms. The Kier molecular flexibility index (Phi) is 8.23. The lowest BCUT2D eigenvalue weighted by Gasteiger charge is -2.21. The minimum absolute atomic E-state index is 0.235. The molecule has 2 aromatic rings. The summed E-state index contributed by atoms with van der Waals surface area (Å²) in [6.45, 7) is 5.72. The van der Waals surface area contributed by atoms with Crippen molar-refractivity contribution in [3.63, 3.8) is 0 Å². The molecule has 2 rings (SSSR count). The van der Waals surface area contributed by atoms with Crippen LogP contribution in [0.4, 0.5) is 13.2 Å². The maximum Gasteiger partial charge on any atom is 0.393 e. The van der Waals surface area contributed by atoms with Crippen LogP contribution in [0.25, 0.3) is 5.57 Å². The Labute approximate surface area is 170 Å². The average Bonchev–Trinajstić information content (AvgIpc) is 2.69. The smallest absolute Gasteiger partial charge is 0.240 e. The van der Waals surface area contributed by atoms with Crippen LogP contribution in [0.2, 0.25) is 0 Å². The van der Waals surface area contributed by atoms with Gasteiger partial charge in [0.15, 0.2) is 0 Å². The van der Waals surface area contributed by atoms with E-state index < -0.39 is 12.6 Å². The van der Waals surface area contributed by atoms with Crippen molar-refractivity contribution < 1.29 is 22.9 Å². The van der Waals surface area contributed by atoms with Crippen LogP contribution in [0.15, 0.2) is 71.3 Å². The van der Waals surface area contributed by atoms with Gasteiger partial charge in [0.2, 0.25) is 0 Å². The Hall–Kier alpha value is -2.37. The Morgan fingerprint density at radius 2 is 1.41 bits per heavy atom. The zero-order valence-corrected chi connectivity index (χ0v) is 17.3. The fourth-order valence-corrected chi connectivity index (χ4v) is 3.30. The van der Waals surface area contributed by atoms with E-state index >= 15 is 0 Å². The van der Waals surface area contributed by atoms with Crippen molar-refractivity contribution in [2.24, 2.45) is 0 Å². The molecule has 0 amide bonds. The lowest BCUT2D eigenvalue weighted by atomic mass is 9.86. The van der Waals surface area contributed by atoms with Crippen molar-refractivity contribution in [1.82, 2.24) is 0 Å². The monoisotopic (exact) mass is 404 g/mol. The number of hydrogen-bond donors (Lipinski definition) is 0. The highest BCUT2D eigenvalue weighted by atomic mass is 19.4. The summed E-state index contributed by atoms with van der Waals surface area (Å²) in [6, 6.07) is 16.8. The van der Waals surface area contributed by atoms with E-state index in [4.69, 9.17) is 9.78 Å². The summed E-state index contributed by atoms with van der Waals surface area (Å²) < 4.78 is 40.5. The average molecular weight is 404 g/mol. The SMILES string of the molecule is COOCc1ccccc1CC(=C(C)C)/C(CC(F)(F)F)=C(\C)c1ccccc1. The summed E-state index contributed by atoms with van der Waals surface area (Å²) in [5, 5.41) is 0. The zero-order valence-electron chi connectivity index (χ0n) is 17.3. The third kappa shape index (κ3) is 6.87. The van der Waals surface area contributed by atoms with Crippen LogP contribution >= 0.6 is 0 Å². The minimum Gasteiger partial charge on any atom is -0.240 e. The van der Waals surface area contributed by atoms with Crippen molar-refractivity contribution in [3.05, 3.63) is 88.0 Å². The fourth-order valence-electron chi connectivity index (χ4n) is 3.30. The van der Waals surface area contributed by atoms with E-state index in [0.29, 0.717) is 23.1 Å². The second-order valence-electron chi connectivity index (χ2n) is 7.11. The van der Waals surface area contributed by atoms with Gasteiger partial charge in [-0.15, -0.1) is 0 Å². The van der Waals surface area contributed by atoms with Gasteiger partial charge in [-0.2, -0.15) is 13.2 Å². The summed E-state index contributed by atoms with van der Waals surface area (Å²) in [5.74, 6) is 0. The number of alkyl halides is 3. The Bertz CT molecular complexity index is 861. The van der Waals surface area contributed by atoms with Gasteiger partial charge in [-0.3, -0.25) is 0 Å². The first-order valence-electron chi connectivity index (χ1n) is 9.44. The first-order chi connectivity index (χ1) is 13.7. The summed E-state index contributed by atoms with van der Waals surface area (Å²) in [4.78, 5) is 9.74. The molecule has 0 aliphatic rings. The van der Waals surface area contributed by atoms with Crippen LogP contribution in [0, 0.1) is 0 Å². The van der Waals surface area contributed by atoms with E-state index in [1.807, 2.05) is 68.4 Å². The summed E-state index contributed by atoms with van der Waals surface area (Å²) in [7, 11) is 1.43. The van der Waals surface area contributed by atoms with E-state index in [-0.39, 0.29) is 6.61 Å². The van der Waals surface area contributed by atoms with Gasteiger partial charge in [0, 0.05) is 0 Å². The number of halogens is 3. The predicted octanol–water partition coefficient (Wildman–Crippen LogP) is 7.07. The largest absolute Gasteiger partial charge is 0.393 e. The molecule has 0 aliphatic heterocycles. The van der Waals surface area contributed by atoms with Crippen molar-refractivity contribution in [2.45, 2.75) is 46.4 Å². The number of hydrogen-bond acceptors (Lipinski definition) is 2. The van der Waals surface area contributed by atoms with Crippen molar-refractivity contribution in [2.75, 3.05) is 7.11 Å². The second kappa shape index (κ2) is 10.4. The molecule has 0 bridgehead atoms. The number of rotatable bonds is 8. The summed E-state index contributed by atoms with van der Waals surface area (Å²) in [5.41, 5.74) is 5.13. The van der Waals surface area contributed by atoms with Crippen LogP contribution in [-0.2, 0) is 22.8 Å². The zero-order chi connectivity index (χ0) is 21.4. The quantitative estimate of drug-likeness (QED) is 0.266. The topological polar surface area (TPSA) is 18.5 Å². The predicted molar refractivity (Wildman–Crippen MR) is 110 cm³/mol. The molecule has 5 heteroatoms. The van der Waals surface area contributed by atoms with Crippen LogP contribution in [0.1, 0.15) is 43.9 Å². The van der Waals surface area contributed by atoms with Gasteiger partial charge in [0.25, 0.3) is 0 Å².